The topological polar surface area (TPSA) is 34.2 Å². The van der Waals surface area contributed by atoms with Gasteiger partial charge in [0.25, 0.3) is 0 Å². The maximum atomic E-state index is 6.06. The van der Waals surface area contributed by atoms with Gasteiger partial charge in [-0.1, -0.05) is 35.4 Å². The molecule has 3 nitrogen and oxygen atoms in total. The van der Waals surface area contributed by atoms with Crippen molar-refractivity contribution in [2.75, 3.05) is 0 Å². The standard InChI is InChI=1S/C18H18NO2P/c1-14-5-9-16(10-6-14)20-22(18-4-3-13-19-18)21-17-11-7-15(2)8-12-17/h3-13,19H,1-2H3. The first-order valence-corrected chi connectivity index (χ1v) is 8.31. The minimum Gasteiger partial charge on any atom is -0.434 e. The van der Waals surface area contributed by atoms with Crippen LogP contribution >= 0.6 is 8.38 Å². The Bertz CT molecular complexity index is 658. The molecule has 0 amide bonds. The highest BCUT2D eigenvalue weighted by atomic mass is 31.2. The zero-order chi connectivity index (χ0) is 15.4. The molecule has 0 aliphatic heterocycles. The molecule has 3 rings (SSSR count). The average Bonchev–Trinajstić information content (AvgIpc) is 3.05. The van der Waals surface area contributed by atoms with Crippen LogP contribution in [0.25, 0.3) is 0 Å². The second-order valence-corrected chi connectivity index (χ2v) is 6.48. The fourth-order valence-corrected chi connectivity index (χ4v) is 3.19. The predicted octanol–water partition coefficient (Wildman–Crippen LogP) is 4.73. The Labute approximate surface area is 131 Å². The van der Waals surface area contributed by atoms with E-state index in [9.17, 15) is 0 Å². The van der Waals surface area contributed by atoms with Crippen molar-refractivity contribution in [3.8, 4) is 11.5 Å². The van der Waals surface area contributed by atoms with Gasteiger partial charge < -0.3 is 14.0 Å². The second kappa shape index (κ2) is 6.67. The SMILES string of the molecule is Cc1ccc(OP(Oc2ccc(C)cc2)c2ccc[nH]2)cc1. The predicted molar refractivity (Wildman–Crippen MR) is 91.0 cm³/mol. The van der Waals surface area contributed by atoms with Crippen LogP contribution in [0.1, 0.15) is 11.1 Å². The molecule has 2 aromatic carbocycles. The van der Waals surface area contributed by atoms with Crippen molar-refractivity contribution in [1.29, 1.82) is 0 Å². The molecule has 112 valence electrons. The van der Waals surface area contributed by atoms with E-state index in [0.717, 1.165) is 16.9 Å². The van der Waals surface area contributed by atoms with Crippen molar-refractivity contribution in [1.82, 2.24) is 4.98 Å². The van der Waals surface area contributed by atoms with Crippen molar-refractivity contribution < 1.29 is 9.05 Å². The van der Waals surface area contributed by atoms with Crippen LogP contribution in [0.3, 0.4) is 0 Å². The Morgan fingerprint density at radius 3 is 1.64 bits per heavy atom. The van der Waals surface area contributed by atoms with Gasteiger partial charge in [0, 0.05) is 6.20 Å². The van der Waals surface area contributed by atoms with Crippen LogP contribution in [0.5, 0.6) is 11.5 Å². The highest BCUT2D eigenvalue weighted by molar-refractivity contribution is 7.56. The largest absolute Gasteiger partial charge is 0.434 e. The molecular weight excluding hydrogens is 293 g/mol. The molecule has 0 atom stereocenters. The molecule has 0 unspecified atom stereocenters. The van der Waals surface area contributed by atoms with Gasteiger partial charge >= 0.3 is 8.38 Å². The van der Waals surface area contributed by atoms with Crippen LogP contribution in [-0.4, -0.2) is 4.98 Å². The number of aromatic nitrogens is 1. The zero-order valence-corrected chi connectivity index (χ0v) is 13.5. The summed E-state index contributed by atoms with van der Waals surface area (Å²) in [5.74, 6) is 1.61. The van der Waals surface area contributed by atoms with Crippen LogP contribution in [0.4, 0.5) is 0 Å². The number of H-pyrrole nitrogens is 1. The summed E-state index contributed by atoms with van der Waals surface area (Å²) in [5.41, 5.74) is 3.35. The monoisotopic (exact) mass is 311 g/mol. The summed E-state index contributed by atoms with van der Waals surface area (Å²) in [5, 5.41) is 0. The Morgan fingerprint density at radius 1 is 0.727 bits per heavy atom. The summed E-state index contributed by atoms with van der Waals surface area (Å²) in [6.45, 7) is 4.11. The smallest absolute Gasteiger partial charge is 0.343 e. The molecule has 0 aliphatic rings. The molecule has 0 saturated carbocycles. The summed E-state index contributed by atoms with van der Waals surface area (Å²) in [7, 11) is -1.25. The third-order valence-corrected chi connectivity index (χ3v) is 4.62. The molecule has 0 radical (unpaired) electrons. The van der Waals surface area contributed by atoms with Crippen molar-refractivity contribution >= 4 is 13.8 Å². The summed E-state index contributed by atoms with van der Waals surface area (Å²) < 4.78 is 12.1. The quantitative estimate of drug-likeness (QED) is 0.691. The number of hydrogen-bond donors (Lipinski definition) is 1. The van der Waals surface area contributed by atoms with Crippen molar-refractivity contribution in [2.45, 2.75) is 13.8 Å². The molecule has 0 aliphatic carbocycles. The highest BCUT2D eigenvalue weighted by Gasteiger charge is 2.19. The van der Waals surface area contributed by atoms with Gasteiger partial charge in [0.1, 0.15) is 16.9 Å². The molecule has 1 N–H and O–H groups in total. The van der Waals surface area contributed by atoms with Crippen molar-refractivity contribution in [2.24, 2.45) is 0 Å². The third-order valence-electron chi connectivity index (χ3n) is 3.20. The second-order valence-electron chi connectivity index (χ2n) is 5.12. The number of aryl methyl sites for hydroxylation is 2. The lowest BCUT2D eigenvalue weighted by atomic mass is 10.2. The molecule has 0 spiro atoms. The van der Waals surface area contributed by atoms with Crippen molar-refractivity contribution in [3.05, 3.63) is 78.0 Å². The van der Waals surface area contributed by atoms with E-state index in [-0.39, 0.29) is 0 Å². The third kappa shape index (κ3) is 3.69. The fraction of sp³-hybridized carbons (Fsp3) is 0.111. The molecule has 22 heavy (non-hydrogen) atoms. The Morgan fingerprint density at radius 2 is 1.23 bits per heavy atom. The van der Waals surface area contributed by atoms with E-state index in [0.29, 0.717) is 0 Å². The lowest BCUT2D eigenvalue weighted by molar-refractivity contribution is 0.501. The lowest BCUT2D eigenvalue weighted by Gasteiger charge is -2.17. The minimum atomic E-state index is -1.25. The van der Waals surface area contributed by atoms with Crippen LogP contribution in [0.15, 0.2) is 66.9 Å². The van der Waals surface area contributed by atoms with E-state index in [1.54, 1.807) is 0 Å². The Balaban J connectivity index is 1.81. The maximum absolute atomic E-state index is 6.06. The molecule has 3 aromatic rings. The summed E-state index contributed by atoms with van der Waals surface area (Å²) in [6, 6.07) is 19.9. The number of aromatic amines is 1. The van der Waals surface area contributed by atoms with E-state index in [1.165, 1.54) is 11.1 Å². The van der Waals surface area contributed by atoms with Gasteiger partial charge in [-0.2, -0.15) is 0 Å². The highest BCUT2D eigenvalue weighted by Crippen LogP contribution is 2.39. The van der Waals surface area contributed by atoms with Crippen LogP contribution in [0, 0.1) is 13.8 Å². The molecular formula is C18H18NO2P. The number of hydrogen-bond acceptors (Lipinski definition) is 2. The van der Waals surface area contributed by atoms with Gasteiger partial charge in [0.15, 0.2) is 0 Å². The van der Waals surface area contributed by atoms with E-state index < -0.39 is 8.38 Å². The van der Waals surface area contributed by atoms with E-state index in [2.05, 4.69) is 18.8 Å². The minimum absolute atomic E-state index is 0.804. The van der Waals surface area contributed by atoms with Gasteiger partial charge in [-0.15, -0.1) is 0 Å². The van der Waals surface area contributed by atoms with Gasteiger partial charge in [-0.3, -0.25) is 0 Å². The molecule has 1 heterocycles. The van der Waals surface area contributed by atoms with Crippen LogP contribution < -0.4 is 14.5 Å². The zero-order valence-electron chi connectivity index (χ0n) is 12.6. The van der Waals surface area contributed by atoms with Crippen LogP contribution in [-0.2, 0) is 0 Å². The molecule has 4 heteroatoms. The lowest BCUT2D eigenvalue weighted by Crippen LogP contribution is -2.10. The maximum Gasteiger partial charge on any atom is 0.343 e. The van der Waals surface area contributed by atoms with Gasteiger partial charge in [-0.05, 0) is 50.2 Å². The fourth-order valence-electron chi connectivity index (χ4n) is 1.94. The first kappa shape index (κ1) is 14.7. The normalized spacial score (nSPS) is 10.7. The molecule has 0 saturated heterocycles. The van der Waals surface area contributed by atoms with E-state index >= 15 is 0 Å². The van der Waals surface area contributed by atoms with Gasteiger partial charge in [0.05, 0.1) is 0 Å². The molecule has 0 bridgehead atoms. The Kier molecular flexibility index (Phi) is 4.45. The van der Waals surface area contributed by atoms with E-state index in [4.69, 9.17) is 9.05 Å². The Hall–Kier alpha value is -2.25. The first-order chi connectivity index (χ1) is 10.7. The number of rotatable bonds is 5. The first-order valence-electron chi connectivity index (χ1n) is 7.13. The molecule has 0 fully saturated rings. The van der Waals surface area contributed by atoms with Gasteiger partial charge in [0.2, 0.25) is 0 Å². The number of nitrogens with one attached hydrogen (secondary N) is 1. The summed E-state index contributed by atoms with van der Waals surface area (Å²) in [6.07, 6.45) is 1.88. The van der Waals surface area contributed by atoms with Crippen LogP contribution in [0.2, 0.25) is 0 Å². The van der Waals surface area contributed by atoms with Crippen molar-refractivity contribution in [3.63, 3.8) is 0 Å². The van der Waals surface area contributed by atoms with E-state index in [1.807, 2.05) is 66.9 Å². The summed E-state index contributed by atoms with van der Waals surface area (Å²) in [4.78, 5) is 3.18. The van der Waals surface area contributed by atoms with Gasteiger partial charge in [-0.25, -0.2) is 0 Å². The number of benzene rings is 2. The average molecular weight is 311 g/mol. The summed E-state index contributed by atoms with van der Waals surface area (Å²) >= 11 is 0. The molecule has 1 aromatic heterocycles.